The Labute approximate surface area is 214 Å². The first kappa shape index (κ1) is 23.2. The number of fused-ring (bicyclic) bond motifs is 5. The SMILES string of the molecule is CCn1c2ccccc2c2cc(NC(=O)COC(=O)c3c4c(nc5ccccc35)CCN(C)C4)ccc21. The van der Waals surface area contributed by atoms with Crippen molar-refractivity contribution in [2.45, 2.75) is 26.4 Å². The molecule has 1 N–H and O–H groups in total. The van der Waals surface area contributed by atoms with E-state index >= 15 is 0 Å². The molecule has 5 aromatic rings. The number of benzene rings is 3. The highest BCUT2D eigenvalue weighted by Gasteiger charge is 2.26. The van der Waals surface area contributed by atoms with Crippen molar-refractivity contribution in [3.63, 3.8) is 0 Å². The molecule has 0 atom stereocenters. The van der Waals surface area contributed by atoms with Crippen LogP contribution in [0.25, 0.3) is 32.7 Å². The van der Waals surface area contributed by atoms with Crippen LogP contribution in [0.3, 0.4) is 0 Å². The highest BCUT2D eigenvalue weighted by atomic mass is 16.5. The topological polar surface area (TPSA) is 76.5 Å². The van der Waals surface area contributed by atoms with Crippen LogP contribution in [0.15, 0.2) is 66.7 Å². The Morgan fingerprint density at radius 1 is 0.973 bits per heavy atom. The molecular weight excluding hydrogens is 464 g/mol. The Hall–Kier alpha value is -4.23. The van der Waals surface area contributed by atoms with Crippen molar-refractivity contribution in [2.75, 3.05) is 25.5 Å². The second-order valence-corrected chi connectivity index (χ2v) is 9.53. The molecule has 186 valence electrons. The average Bonchev–Trinajstić information content (AvgIpc) is 3.23. The number of nitrogens with one attached hydrogen (secondary N) is 1. The number of hydrogen-bond donors (Lipinski definition) is 1. The van der Waals surface area contributed by atoms with Gasteiger partial charge in [-0.05, 0) is 44.3 Å². The van der Waals surface area contributed by atoms with E-state index < -0.39 is 5.97 Å². The zero-order valence-corrected chi connectivity index (χ0v) is 21.0. The number of carbonyl (C=O) groups excluding carboxylic acids is 2. The van der Waals surface area contributed by atoms with Crippen LogP contribution >= 0.6 is 0 Å². The first-order chi connectivity index (χ1) is 18.0. The number of nitrogens with zero attached hydrogens (tertiary/aromatic N) is 3. The van der Waals surface area contributed by atoms with E-state index in [1.165, 1.54) is 0 Å². The number of esters is 1. The van der Waals surface area contributed by atoms with Crippen molar-refractivity contribution in [3.8, 4) is 0 Å². The summed E-state index contributed by atoms with van der Waals surface area (Å²) in [4.78, 5) is 33.0. The summed E-state index contributed by atoms with van der Waals surface area (Å²) in [6.45, 7) is 4.12. The highest BCUT2D eigenvalue weighted by Crippen LogP contribution is 2.31. The van der Waals surface area contributed by atoms with Gasteiger partial charge in [0.2, 0.25) is 0 Å². The fourth-order valence-corrected chi connectivity index (χ4v) is 5.43. The van der Waals surface area contributed by atoms with E-state index in [1.807, 2.05) is 61.6 Å². The lowest BCUT2D eigenvalue weighted by Gasteiger charge is -2.26. The Bertz CT molecular complexity index is 1690. The van der Waals surface area contributed by atoms with Gasteiger partial charge in [-0.25, -0.2) is 4.79 Å². The van der Waals surface area contributed by atoms with Gasteiger partial charge >= 0.3 is 5.97 Å². The van der Waals surface area contributed by atoms with Gasteiger partial charge in [0.25, 0.3) is 5.91 Å². The van der Waals surface area contributed by atoms with Crippen LogP contribution in [-0.2, 0) is 29.0 Å². The van der Waals surface area contributed by atoms with Crippen molar-refractivity contribution in [2.24, 2.45) is 0 Å². The third-order valence-electron chi connectivity index (χ3n) is 7.15. The molecule has 0 aliphatic carbocycles. The van der Waals surface area contributed by atoms with E-state index in [0.717, 1.165) is 63.5 Å². The number of aromatic nitrogens is 2. The lowest BCUT2D eigenvalue weighted by molar-refractivity contribution is -0.119. The normalized spacial score (nSPS) is 13.7. The van der Waals surface area contributed by atoms with Crippen molar-refractivity contribution in [1.82, 2.24) is 14.5 Å². The number of pyridine rings is 1. The molecule has 0 saturated carbocycles. The number of amides is 1. The smallest absolute Gasteiger partial charge is 0.339 e. The molecular formula is C30H28N4O3. The number of anilines is 1. The minimum absolute atomic E-state index is 0.366. The lowest BCUT2D eigenvalue weighted by atomic mass is 9.96. The number of likely N-dealkylation sites (N-methyl/N-ethyl adjacent to an activating group) is 1. The summed E-state index contributed by atoms with van der Waals surface area (Å²) in [6, 6.07) is 21.7. The van der Waals surface area contributed by atoms with E-state index in [4.69, 9.17) is 9.72 Å². The maximum absolute atomic E-state index is 13.3. The fraction of sp³-hybridized carbons (Fsp3) is 0.233. The summed E-state index contributed by atoms with van der Waals surface area (Å²) >= 11 is 0. The zero-order chi connectivity index (χ0) is 25.5. The molecule has 7 nitrogen and oxygen atoms in total. The molecule has 2 aromatic heterocycles. The van der Waals surface area contributed by atoms with Crippen LogP contribution in [0, 0.1) is 0 Å². The molecule has 1 aliphatic heterocycles. The van der Waals surface area contributed by atoms with E-state index in [-0.39, 0.29) is 12.5 Å². The maximum atomic E-state index is 13.3. The Morgan fingerprint density at radius 3 is 2.57 bits per heavy atom. The molecule has 0 unspecified atom stereocenters. The summed E-state index contributed by atoms with van der Waals surface area (Å²) < 4.78 is 7.81. The maximum Gasteiger partial charge on any atom is 0.339 e. The number of hydrogen-bond acceptors (Lipinski definition) is 5. The number of ether oxygens (including phenoxy) is 1. The highest BCUT2D eigenvalue weighted by molar-refractivity contribution is 6.10. The van der Waals surface area contributed by atoms with Crippen LogP contribution in [0.1, 0.15) is 28.5 Å². The predicted octanol–water partition coefficient (Wildman–Crippen LogP) is 5.15. The molecule has 1 aliphatic rings. The van der Waals surface area contributed by atoms with E-state index in [9.17, 15) is 9.59 Å². The summed E-state index contributed by atoms with van der Waals surface area (Å²) in [6.07, 6.45) is 0.772. The average molecular weight is 493 g/mol. The minimum atomic E-state index is -0.498. The summed E-state index contributed by atoms with van der Waals surface area (Å²) in [7, 11) is 2.02. The number of para-hydroxylation sites is 2. The second-order valence-electron chi connectivity index (χ2n) is 9.53. The predicted molar refractivity (Wildman–Crippen MR) is 146 cm³/mol. The van der Waals surface area contributed by atoms with Gasteiger partial charge in [0.15, 0.2) is 6.61 Å². The summed E-state index contributed by atoms with van der Waals surface area (Å²) in [5, 5.41) is 5.86. The molecule has 3 heterocycles. The monoisotopic (exact) mass is 492 g/mol. The van der Waals surface area contributed by atoms with Crippen LogP contribution in [0.4, 0.5) is 5.69 Å². The van der Waals surface area contributed by atoms with Gasteiger partial charge in [0.05, 0.1) is 11.1 Å². The van der Waals surface area contributed by atoms with Gasteiger partial charge < -0.3 is 19.5 Å². The molecule has 0 fully saturated rings. The number of carbonyl (C=O) groups is 2. The second kappa shape index (κ2) is 9.33. The van der Waals surface area contributed by atoms with E-state index in [2.05, 4.69) is 33.8 Å². The first-order valence-corrected chi connectivity index (χ1v) is 12.6. The van der Waals surface area contributed by atoms with Crippen LogP contribution in [0.5, 0.6) is 0 Å². The molecule has 0 bridgehead atoms. The fourth-order valence-electron chi connectivity index (χ4n) is 5.43. The molecule has 0 saturated heterocycles. The molecule has 0 spiro atoms. The van der Waals surface area contributed by atoms with Gasteiger partial charge in [0.1, 0.15) is 0 Å². The molecule has 0 radical (unpaired) electrons. The van der Waals surface area contributed by atoms with Gasteiger partial charge in [-0.3, -0.25) is 9.78 Å². The zero-order valence-electron chi connectivity index (χ0n) is 21.0. The van der Waals surface area contributed by atoms with Gasteiger partial charge in [-0.2, -0.15) is 0 Å². The molecule has 6 rings (SSSR count). The standard InChI is InChI=1S/C30H28N4O3/c1-3-34-26-11-7-5-8-20(26)22-16-19(12-13-27(22)34)31-28(35)18-37-30(36)29-21-9-4-6-10-24(21)32-25-14-15-33(2)17-23(25)29/h4-13,16H,3,14-15,17-18H2,1-2H3,(H,31,35). The number of aryl methyl sites for hydroxylation is 1. The Kier molecular flexibility index (Phi) is 5.85. The molecule has 1 amide bonds. The van der Waals surface area contributed by atoms with Crippen molar-refractivity contribution >= 4 is 50.3 Å². The van der Waals surface area contributed by atoms with Crippen LogP contribution in [0.2, 0.25) is 0 Å². The first-order valence-electron chi connectivity index (χ1n) is 12.6. The molecule has 37 heavy (non-hydrogen) atoms. The number of rotatable bonds is 5. The third kappa shape index (κ3) is 4.11. The van der Waals surface area contributed by atoms with Crippen molar-refractivity contribution < 1.29 is 14.3 Å². The van der Waals surface area contributed by atoms with Crippen molar-refractivity contribution in [1.29, 1.82) is 0 Å². The van der Waals surface area contributed by atoms with Gasteiger partial charge in [0, 0.05) is 70.2 Å². The lowest BCUT2D eigenvalue weighted by Crippen LogP contribution is -2.30. The van der Waals surface area contributed by atoms with Crippen LogP contribution in [-0.4, -0.2) is 46.5 Å². The van der Waals surface area contributed by atoms with Crippen molar-refractivity contribution in [3.05, 3.63) is 83.6 Å². The summed E-state index contributed by atoms with van der Waals surface area (Å²) in [5.41, 5.74) is 6.03. The van der Waals surface area contributed by atoms with E-state index in [1.54, 1.807) is 0 Å². The van der Waals surface area contributed by atoms with E-state index in [0.29, 0.717) is 17.8 Å². The van der Waals surface area contributed by atoms with Gasteiger partial charge in [-0.15, -0.1) is 0 Å². The largest absolute Gasteiger partial charge is 0.452 e. The molecule has 3 aromatic carbocycles. The summed E-state index contributed by atoms with van der Waals surface area (Å²) in [5.74, 6) is -0.877. The van der Waals surface area contributed by atoms with Gasteiger partial charge in [-0.1, -0.05) is 36.4 Å². The van der Waals surface area contributed by atoms with Crippen LogP contribution < -0.4 is 5.32 Å². The third-order valence-corrected chi connectivity index (χ3v) is 7.15. The molecule has 7 heteroatoms. The minimum Gasteiger partial charge on any atom is -0.452 e. The Morgan fingerprint density at radius 2 is 1.73 bits per heavy atom. The quantitative estimate of drug-likeness (QED) is 0.344. The Balaban J connectivity index is 1.23.